The Hall–Kier alpha value is -2.00. The highest BCUT2D eigenvalue weighted by molar-refractivity contribution is 5.63. The monoisotopic (exact) mass is 206 g/mol. The molecule has 0 aliphatic carbocycles. The molecule has 0 aliphatic heterocycles. The molecule has 0 amide bonds. The normalized spacial score (nSPS) is 9.69. The van der Waals surface area contributed by atoms with E-state index in [2.05, 4.69) is 54.5 Å². The first-order chi connectivity index (χ1) is 7.90. The van der Waals surface area contributed by atoms with Crippen LogP contribution in [0.3, 0.4) is 0 Å². The fourth-order valence-corrected chi connectivity index (χ4v) is 1.71. The van der Waals surface area contributed by atoms with E-state index < -0.39 is 0 Å². The van der Waals surface area contributed by atoms with Gasteiger partial charge in [-0.3, -0.25) is 0 Å². The molecule has 16 heavy (non-hydrogen) atoms. The number of benzene rings is 2. The lowest BCUT2D eigenvalue weighted by Gasteiger charge is -2.03. The van der Waals surface area contributed by atoms with Gasteiger partial charge in [0.15, 0.2) is 0 Å². The van der Waals surface area contributed by atoms with Crippen molar-refractivity contribution in [3.05, 3.63) is 60.2 Å². The molecule has 0 aliphatic rings. The summed E-state index contributed by atoms with van der Waals surface area (Å²) < 4.78 is 0. The Morgan fingerprint density at radius 2 is 1.44 bits per heavy atom. The predicted octanol–water partition coefficient (Wildman–Crippen LogP) is 3.92. The Morgan fingerprint density at radius 1 is 0.812 bits per heavy atom. The lowest BCUT2D eigenvalue weighted by molar-refractivity contribution is 1.03. The zero-order valence-electron chi connectivity index (χ0n) is 9.19. The van der Waals surface area contributed by atoms with E-state index >= 15 is 0 Å². The first-order valence-electron chi connectivity index (χ1n) is 5.48. The highest BCUT2D eigenvalue weighted by Gasteiger charge is 1.96. The third kappa shape index (κ3) is 2.52. The van der Waals surface area contributed by atoms with Crippen LogP contribution in [0.1, 0.15) is 12.0 Å². The molecular weight excluding hydrogens is 192 g/mol. The molecular formula is C16H14. The zero-order valence-corrected chi connectivity index (χ0v) is 9.19. The van der Waals surface area contributed by atoms with Crippen LogP contribution in [0.25, 0.3) is 11.1 Å². The van der Waals surface area contributed by atoms with Crippen LogP contribution in [0.5, 0.6) is 0 Å². The smallest absolute Gasteiger partial charge is 0.0127 e. The first-order valence-corrected chi connectivity index (χ1v) is 5.48. The third-order valence-electron chi connectivity index (χ3n) is 2.62. The Balaban J connectivity index is 2.17. The molecule has 0 bridgehead atoms. The maximum Gasteiger partial charge on any atom is 0.0127 e. The van der Waals surface area contributed by atoms with Gasteiger partial charge in [0, 0.05) is 6.42 Å². The fourth-order valence-electron chi connectivity index (χ4n) is 1.71. The van der Waals surface area contributed by atoms with Crippen molar-refractivity contribution in [3.8, 4) is 23.5 Å². The van der Waals surface area contributed by atoms with E-state index in [0.29, 0.717) is 0 Å². The van der Waals surface area contributed by atoms with Gasteiger partial charge in [0.2, 0.25) is 0 Å². The molecule has 0 fully saturated rings. The van der Waals surface area contributed by atoms with E-state index in [9.17, 15) is 0 Å². The van der Waals surface area contributed by atoms with E-state index in [1.165, 1.54) is 16.7 Å². The molecule has 0 heterocycles. The highest BCUT2D eigenvalue weighted by Crippen LogP contribution is 2.19. The summed E-state index contributed by atoms with van der Waals surface area (Å²) in [6.07, 6.45) is 7.02. The average Bonchev–Trinajstić information content (AvgIpc) is 2.38. The van der Waals surface area contributed by atoms with Gasteiger partial charge in [0.05, 0.1) is 0 Å². The van der Waals surface area contributed by atoms with Crippen LogP contribution in [0, 0.1) is 12.3 Å². The second-order valence-corrected chi connectivity index (χ2v) is 3.77. The summed E-state index contributed by atoms with van der Waals surface area (Å²) in [5, 5.41) is 0. The van der Waals surface area contributed by atoms with Gasteiger partial charge in [-0.1, -0.05) is 54.6 Å². The molecule has 0 N–H and O–H groups in total. The number of hydrogen-bond donors (Lipinski definition) is 0. The van der Waals surface area contributed by atoms with Crippen molar-refractivity contribution in [3.63, 3.8) is 0 Å². The van der Waals surface area contributed by atoms with E-state index in [1.54, 1.807) is 0 Å². The molecule has 0 spiro atoms. The summed E-state index contributed by atoms with van der Waals surface area (Å²) in [4.78, 5) is 0. The molecule has 0 unspecified atom stereocenters. The fraction of sp³-hybridized carbons (Fsp3) is 0.125. The predicted molar refractivity (Wildman–Crippen MR) is 69.0 cm³/mol. The van der Waals surface area contributed by atoms with Crippen molar-refractivity contribution in [2.24, 2.45) is 0 Å². The SMILES string of the molecule is C#CCCc1ccc(-c2ccccc2)cc1. The van der Waals surface area contributed by atoms with E-state index in [-0.39, 0.29) is 0 Å². The van der Waals surface area contributed by atoms with Gasteiger partial charge in [-0.05, 0) is 23.1 Å². The van der Waals surface area contributed by atoms with Gasteiger partial charge >= 0.3 is 0 Å². The van der Waals surface area contributed by atoms with E-state index in [1.807, 2.05) is 6.07 Å². The van der Waals surface area contributed by atoms with Crippen molar-refractivity contribution in [1.82, 2.24) is 0 Å². The van der Waals surface area contributed by atoms with Crippen LogP contribution in [0.15, 0.2) is 54.6 Å². The molecule has 0 saturated carbocycles. The molecule has 0 heteroatoms. The lowest BCUT2D eigenvalue weighted by atomic mass is 10.0. The minimum Gasteiger partial charge on any atom is -0.120 e. The second-order valence-electron chi connectivity index (χ2n) is 3.77. The Labute approximate surface area is 96.9 Å². The number of rotatable bonds is 3. The molecule has 0 saturated heterocycles. The summed E-state index contributed by atoms with van der Waals surface area (Å²) in [7, 11) is 0. The van der Waals surface area contributed by atoms with Gasteiger partial charge in [-0.25, -0.2) is 0 Å². The Kier molecular flexibility index (Phi) is 3.41. The molecule has 0 radical (unpaired) electrons. The molecule has 2 aromatic rings. The van der Waals surface area contributed by atoms with Crippen LogP contribution >= 0.6 is 0 Å². The summed E-state index contributed by atoms with van der Waals surface area (Å²) in [5.74, 6) is 2.66. The van der Waals surface area contributed by atoms with Gasteiger partial charge in [0.1, 0.15) is 0 Å². The summed E-state index contributed by atoms with van der Waals surface area (Å²) >= 11 is 0. The summed E-state index contributed by atoms with van der Waals surface area (Å²) in [6, 6.07) is 19.0. The minimum atomic E-state index is 0.810. The quantitative estimate of drug-likeness (QED) is 0.668. The molecule has 0 aromatic heterocycles. The van der Waals surface area contributed by atoms with Crippen LogP contribution in [-0.2, 0) is 6.42 Å². The zero-order chi connectivity index (χ0) is 11.2. The highest BCUT2D eigenvalue weighted by atomic mass is 14.0. The largest absolute Gasteiger partial charge is 0.120 e. The maximum atomic E-state index is 5.25. The van der Waals surface area contributed by atoms with Gasteiger partial charge < -0.3 is 0 Å². The minimum absolute atomic E-state index is 0.810. The van der Waals surface area contributed by atoms with Gasteiger partial charge in [-0.2, -0.15) is 0 Å². The summed E-state index contributed by atoms with van der Waals surface area (Å²) in [5.41, 5.74) is 3.81. The van der Waals surface area contributed by atoms with Crippen molar-refractivity contribution in [1.29, 1.82) is 0 Å². The summed E-state index contributed by atoms with van der Waals surface area (Å²) in [6.45, 7) is 0. The molecule has 2 rings (SSSR count). The second kappa shape index (κ2) is 5.19. The molecule has 0 nitrogen and oxygen atoms in total. The van der Waals surface area contributed by atoms with Crippen molar-refractivity contribution >= 4 is 0 Å². The molecule has 78 valence electrons. The number of aryl methyl sites for hydroxylation is 1. The van der Waals surface area contributed by atoms with Crippen molar-refractivity contribution < 1.29 is 0 Å². The van der Waals surface area contributed by atoms with Gasteiger partial charge in [0.25, 0.3) is 0 Å². The lowest BCUT2D eigenvalue weighted by Crippen LogP contribution is -1.84. The topological polar surface area (TPSA) is 0 Å². The van der Waals surface area contributed by atoms with E-state index in [4.69, 9.17) is 6.42 Å². The van der Waals surface area contributed by atoms with Crippen LogP contribution in [0.2, 0.25) is 0 Å². The Bertz CT molecular complexity index is 472. The van der Waals surface area contributed by atoms with Crippen molar-refractivity contribution in [2.75, 3.05) is 0 Å². The van der Waals surface area contributed by atoms with Crippen LogP contribution in [-0.4, -0.2) is 0 Å². The Morgan fingerprint density at radius 3 is 2.06 bits per heavy atom. The molecule has 0 atom stereocenters. The number of terminal acetylenes is 1. The van der Waals surface area contributed by atoms with Gasteiger partial charge in [-0.15, -0.1) is 12.3 Å². The molecule has 2 aromatic carbocycles. The van der Waals surface area contributed by atoms with E-state index in [0.717, 1.165) is 12.8 Å². The maximum absolute atomic E-state index is 5.25. The standard InChI is InChI=1S/C16H14/c1-2-3-7-14-10-12-16(13-11-14)15-8-5-4-6-9-15/h1,4-6,8-13H,3,7H2. The third-order valence-corrected chi connectivity index (χ3v) is 2.62. The first kappa shape index (κ1) is 10.5. The van der Waals surface area contributed by atoms with Crippen LogP contribution < -0.4 is 0 Å². The van der Waals surface area contributed by atoms with Crippen LogP contribution in [0.4, 0.5) is 0 Å². The average molecular weight is 206 g/mol. The van der Waals surface area contributed by atoms with Crippen molar-refractivity contribution in [2.45, 2.75) is 12.8 Å². The number of hydrogen-bond acceptors (Lipinski definition) is 0.